The zero-order chi connectivity index (χ0) is 14.8. The Hall–Kier alpha value is -2.09. The second-order valence-electron chi connectivity index (χ2n) is 4.77. The molecular formula is C13H12F2N4OS. The third-order valence-electron chi connectivity index (χ3n) is 3.37. The Labute approximate surface area is 123 Å². The molecule has 8 heteroatoms. The Balaban J connectivity index is 1.67. The third-order valence-corrected chi connectivity index (χ3v) is 3.87. The van der Waals surface area contributed by atoms with Crippen LogP contribution in [0.4, 0.5) is 14.5 Å². The second-order valence-corrected chi connectivity index (χ2v) is 5.38. The van der Waals surface area contributed by atoms with E-state index in [1.165, 1.54) is 18.2 Å². The van der Waals surface area contributed by atoms with Gasteiger partial charge in [-0.2, -0.15) is 0 Å². The first kappa shape index (κ1) is 13.9. The minimum atomic E-state index is -0.592. The number of halogens is 2. The monoisotopic (exact) mass is 310 g/mol. The van der Waals surface area contributed by atoms with Crippen molar-refractivity contribution in [1.29, 1.82) is 0 Å². The van der Waals surface area contributed by atoms with Gasteiger partial charge in [-0.3, -0.25) is 4.79 Å². The molecule has 1 N–H and O–H groups in total. The predicted octanol–water partition coefficient (Wildman–Crippen LogP) is 1.83. The van der Waals surface area contributed by atoms with Gasteiger partial charge in [-0.25, -0.2) is 8.78 Å². The molecule has 1 aromatic heterocycles. The summed E-state index contributed by atoms with van der Waals surface area (Å²) in [5.41, 5.74) is 0.222. The molecule has 2 aromatic rings. The van der Waals surface area contributed by atoms with Crippen molar-refractivity contribution in [2.45, 2.75) is 12.5 Å². The summed E-state index contributed by atoms with van der Waals surface area (Å²) in [6.45, 7) is 0.847. The van der Waals surface area contributed by atoms with Gasteiger partial charge in [0.05, 0.1) is 0 Å². The smallest absolute Gasteiger partial charge is 0.273 e. The van der Waals surface area contributed by atoms with Crippen molar-refractivity contribution in [3.8, 4) is 0 Å². The van der Waals surface area contributed by atoms with Crippen molar-refractivity contribution >= 4 is 23.1 Å². The number of para-hydroxylation sites is 1. The Kier molecular flexibility index (Phi) is 3.78. The molecule has 1 aliphatic rings. The number of benzene rings is 1. The highest BCUT2D eigenvalue weighted by atomic mass is 32.1. The molecule has 1 atom stereocenters. The van der Waals surface area contributed by atoms with E-state index in [4.69, 9.17) is 0 Å². The van der Waals surface area contributed by atoms with Gasteiger partial charge >= 0.3 is 0 Å². The van der Waals surface area contributed by atoms with Crippen molar-refractivity contribution in [1.82, 2.24) is 14.9 Å². The minimum Gasteiger partial charge on any atom is -0.365 e. The van der Waals surface area contributed by atoms with Gasteiger partial charge in [0.15, 0.2) is 5.69 Å². The molecule has 0 saturated carbocycles. The topological polar surface area (TPSA) is 58.1 Å². The van der Waals surface area contributed by atoms with Crippen molar-refractivity contribution < 1.29 is 13.6 Å². The normalized spacial score (nSPS) is 18.0. The summed E-state index contributed by atoms with van der Waals surface area (Å²) < 4.78 is 31.1. The fraction of sp³-hybridized carbons (Fsp3) is 0.308. The molecule has 3 rings (SSSR count). The standard InChI is InChI=1S/C13H12F2N4OS/c14-9-2-1-3-10(15)12(9)19-5-4-8(6-19)16-13(20)11-7-21-18-17-11/h1-3,7-8H,4-6H2,(H,16,20)/t8-/m0/s1. The molecule has 0 aliphatic carbocycles. The summed E-state index contributed by atoms with van der Waals surface area (Å²) in [4.78, 5) is 13.5. The highest BCUT2D eigenvalue weighted by molar-refractivity contribution is 7.03. The molecule has 1 saturated heterocycles. The highest BCUT2D eigenvalue weighted by Gasteiger charge is 2.28. The van der Waals surface area contributed by atoms with Gasteiger partial charge in [0, 0.05) is 24.5 Å². The van der Waals surface area contributed by atoms with Gasteiger partial charge in [0.25, 0.3) is 5.91 Å². The number of nitrogens with one attached hydrogen (secondary N) is 1. The molecular weight excluding hydrogens is 298 g/mol. The highest BCUT2D eigenvalue weighted by Crippen LogP contribution is 2.26. The SMILES string of the molecule is O=C(N[C@H]1CCN(c2c(F)cccc2F)C1)c1csnn1. The van der Waals surface area contributed by atoms with Crippen LogP contribution in [-0.2, 0) is 0 Å². The molecule has 2 heterocycles. The van der Waals surface area contributed by atoms with Gasteiger partial charge < -0.3 is 10.2 Å². The van der Waals surface area contributed by atoms with E-state index in [2.05, 4.69) is 14.9 Å². The van der Waals surface area contributed by atoms with Crippen LogP contribution in [0.25, 0.3) is 0 Å². The fourth-order valence-corrected chi connectivity index (χ4v) is 2.83. The van der Waals surface area contributed by atoms with Gasteiger partial charge in [-0.1, -0.05) is 10.6 Å². The molecule has 1 aliphatic heterocycles. The molecule has 1 amide bonds. The fourth-order valence-electron chi connectivity index (χ4n) is 2.40. The Bertz CT molecular complexity index is 629. The zero-order valence-electron chi connectivity index (χ0n) is 10.9. The van der Waals surface area contributed by atoms with E-state index >= 15 is 0 Å². The summed E-state index contributed by atoms with van der Waals surface area (Å²) in [6, 6.07) is 3.62. The number of anilines is 1. The number of hydrogen-bond donors (Lipinski definition) is 1. The number of carbonyl (C=O) groups excluding carboxylic acids is 1. The largest absolute Gasteiger partial charge is 0.365 e. The van der Waals surface area contributed by atoms with Crippen molar-refractivity contribution in [3.05, 3.63) is 40.9 Å². The molecule has 21 heavy (non-hydrogen) atoms. The van der Waals surface area contributed by atoms with E-state index in [1.807, 2.05) is 0 Å². The molecule has 0 spiro atoms. The van der Waals surface area contributed by atoms with Crippen molar-refractivity contribution in [2.24, 2.45) is 0 Å². The van der Waals surface area contributed by atoms with Crippen molar-refractivity contribution in [2.75, 3.05) is 18.0 Å². The number of carbonyl (C=O) groups is 1. The van der Waals surface area contributed by atoms with E-state index in [0.717, 1.165) is 11.5 Å². The molecule has 1 aromatic carbocycles. The van der Waals surface area contributed by atoms with Gasteiger partial charge in [0.2, 0.25) is 0 Å². The Morgan fingerprint density at radius 1 is 1.38 bits per heavy atom. The average molecular weight is 310 g/mol. The molecule has 0 bridgehead atoms. The molecule has 110 valence electrons. The second kappa shape index (κ2) is 5.72. The average Bonchev–Trinajstić information content (AvgIpc) is 3.10. The summed E-state index contributed by atoms with van der Waals surface area (Å²) in [5.74, 6) is -1.50. The lowest BCUT2D eigenvalue weighted by atomic mass is 10.2. The van der Waals surface area contributed by atoms with Crippen LogP contribution in [0.2, 0.25) is 0 Å². The maximum Gasteiger partial charge on any atom is 0.273 e. The van der Waals surface area contributed by atoms with E-state index < -0.39 is 11.6 Å². The van der Waals surface area contributed by atoms with Crippen LogP contribution in [0, 0.1) is 11.6 Å². The lowest BCUT2D eigenvalue weighted by molar-refractivity contribution is 0.0935. The number of rotatable bonds is 3. The van der Waals surface area contributed by atoms with E-state index in [1.54, 1.807) is 10.3 Å². The van der Waals surface area contributed by atoms with Gasteiger partial charge in [-0.05, 0) is 30.1 Å². The van der Waals surface area contributed by atoms with E-state index in [9.17, 15) is 13.6 Å². The summed E-state index contributed by atoms with van der Waals surface area (Å²) in [5, 5.41) is 8.04. The van der Waals surface area contributed by atoms with Crippen LogP contribution < -0.4 is 10.2 Å². The predicted molar refractivity (Wildman–Crippen MR) is 74.4 cm³/mol. The minimum absolute atomic E-state index is 0.0374. The summed E-state index contributed by atoms with van der Waals surface area (Å²) >= 11 is 1.10. The molecule has 1 fully saturated rings. The van der Waals surface area contributed by atoms with E-state index in [0.29, 0.717) is 19.5 Å². The van der Waals surface area contributed by atoms with Crippen LogP contribution in [0.1, 0.15) is 16.9 Å². The van der Waals surface area contributed by atoms with Crippen LogP contribution in [0.15, 0.2) is 23.6 Å². The zero-order valence-corrected chi connectivity index (χ0v) is 11.7. The lowest BCUT2D eigenvalue weighted by Crippen LogP contribution is -2.37. The number of aromatic nitrogens is 2. The number of amides is 1. The molecule has 0 unspecified atom stereocenters. The van der Waals surface area contributed by atoms with Crippen molar-refractivity contribution in [3.63, 3.8) is 0 Å². The van der Waals surface area contributed by atoms with Crippen LogP contribution in [0.5, 0.6) is 0 Å². The summed E-state index contributed by atoms with van der Waals surface area (Å²) in [7, 11) is 0. The molecule has 0 radical (unpaired) electrons. The maximum absolute atomic E-state index is 13.7. The first-order valence-electron chi connectivity index (χ1n) is 6.42. The Morgan fingerprint density at radius 3 is 2.81 bits per heavy atom. The first-order valence-corrected chi connectivity index (χ1v) is 7.25. The third kappa shape index (κ3) is 2.85. The lowest BCUT2D eigenvalue weighted by Gasteiger charge is -2.20. The van der Waals surface area contributed by atoms with Gasteiger partial charge in [0.1, 0.15) is 17.3 Å². The van der Waals surface area contributed by atoms with Gasteiger partial charge in [-0.15, -0.1) is 5.10 Å². The first-order chi connectivity index (χ1) is 10.1. The van der Waals surface area contributed by atoms with Crippen LogP contribution in [-0.4, -0.2) is 34.6 Å². The maximum atomic E-state index is 13.7. The quantitative estimate of drug-likeness (QED) is 0.939. The van der Waals surface area contributed by atoms with E-state index in [-0.39, 0.29) is 23.3 Å². The van der Waals surface area contributed by atoms with Crippen LogP contribution in [0.3, 0.4) is 0 Å². The number of hydrogen-bond acceptors (Lipinski definition) is 5. The molecule has 5 nitrogen and oxygen atoms in total. The summed E-state index contributed by atoms with van der Waals surface area (Å²) in [6.07, 6.45) is 0.622. The number of nitrogens with zero attached hydrogens (tertiary/aromatic N) is 3. The Morgan fingerprint density at radius 2 is 2.14 bits per heavy atom. The van der Waals surface area contributed by atoms with Crippen LogP contribution >= 0.6 is 11.5 Å².